The molecule has 0 fully saturated rings. The van der Waals surface area contributed by atoms with Gasteiger partial charge in [0, 0.05) is 0 Å². The Labute approximate surface area is 127 Å². The third-order valence-electron chi connectivity index (χ3n) is 3.60. The van der Waals surface area contributed by atoms with Crippen LogP contribution in [0.3, 0.4) is 0 Å². The molecule has 3 heteroatoms. The van der Waals surface area contributed by atoms with Gasteiger partial charge in [-0.25, -0.2) is 5.43 Å². The van der Waals surface area contributed by atoms with Gasteiger partial charge >= 0.3 is 0 Å². The van der Waals surface area contributed by atoms with E-state index in [1.54, 1.807) is 0 Å². The van der Waals surface area contributed by atoms with E-state index < -0.39 is 0 Å². The summed E-state index contributed by atoms with van der Waals surface area (Å²) in [7, 11) is 0. The van der Waals surface area contributed by atoms with Crippen LogP contribution >= 0.6 is 0 Å². The van der Waals surface area contributed by atoms with E-state index in [9.17, 15) is 0 Å². The summed E-state index contributed by atoms with van der Waals surface area (Å²) in [6.45, 7) is 7.05. The van der Waals surface area contributed by atoms with Gasteiger partial charge < -0.3 is 4.74 Å². The highest BCUT2D eigenvalue weighted by atomic mass is 16.5. The molecule has 0 aliphatic carbocycles. The Bertz CT molecular complexity index is 578. The van der Waals surface area contributed by atoms with E-state index in [-0.39, 0.29) is 6.04 Å². The summed E-state index contributed by atoms with van der Waals surface area (Å²) < 4.78 is 5.62. The molecule has 0 heterocycles. The van der Waals surface area contributed by atoms with Crippen LogP contribution in [0, 0.1) is 13.8 Å². The lowest BCUT2D eigenvalue weighted by Gasteiger charge is -2.20. The zero-order chi connectivity index (χ0) is 15.2. The van der Waals surface area contributed by atoms with Gasteiger partial charge in [-0.15, -0.1) is 0 Å². The Hall–Kier alpha value is -1.84. The fourth-order valence-corrected chi connectivity index (χ4v) is 2.41. The van der Waals surface area contributed by atoms with Crippen LogP contribution < -0.4 is 16.0 Å². The van der Waals surface area contributed by atoms with E-state index in [0.717, 1.165) is 24.3 Å². The van der Waals surface area contributed by atoms with Gasteiger partial charge in [0.25, 0.3) is 0 Å². The molecule has 2 aromatic carbocycles. The molecule has 0 saturated heterocycles. The first-order valence-corrected chi connectivity index (χ1v) is 7.41. The second-order valence-corrected chi connectivity index (χ2v) is 5.38. The molecule has 0 aliphatic heterocycles. The summed E-state index contributed by atoms with van der Waals surface area (Å²) in [6, 6.07) is 14.6. The molecule has 2 rings (SSSR count). The molecule has 1 atom stereocenters. The standard InChI is InChI=1S/C18H24N2O/c1-4-11-21-16-9-7-15(8-10-16)18(20-19)17-12-13(2)5-6-14(17)3/h5-10,12,18,20H,4,11,19H2,1-3H3. The maximum Gasteiger partial charge on any atom is 0.119 e. The number of ether oxygens (including phenoxy) is 1. The number of nitrogens with two attached hydrogens (primary N) is 1. The molecule has 0 amide bonds. The topological polar surface area (TPSA) is 47.3 Å². The van der Waals surface area contributed by atoms with E-state index in [2.05, 4.69) is 56.5 Å². The van der Waals surface area contributed by atoms with Crippen molar-refractivity contribution in [2.75, 3.05) is 6.61 Å². The lowest BCUT2D eigenvalue weighted by molar-refractivity contribution is 0.317. The van der Waals surface area contributed by atoms with E-state index >= 15 is 0 Å². The number of hydrogen-bond donors (Lipinski definition) is 2. The Morgan fingerprint density at radius 1 is 1.10 bits per heavy atom. The average Bonchev–Trinajstić information content (AvgIpc) is 2.50. The van der Waals surface area contributed by atoms with Crippen molar-refractivity contribution in [2.24, 2.45) is 5.84 Å². The Balaban J connectivity index is 2.26. The van der Waals surface area contributed by atoms with E-state index in [1.165, 1.54) is 16.7 Å². The third kappa shape index (κ3) is 3.84. The molecule has 0 aromatic heterocycles. The predicted molar refractivity (Wildman–Crippen MR) is 87.3 cm³/mol. The van der Waals surface area contributed by atoms with Crippen molar-refractivity contribution in [3.63, 3.8) is 0 Å². The van der Waals surface area contributed by atoms with Crippen molar-refractivity contribution in [3.8, 4) is 5.75 Å². The number of rotatable bonds is 6. The van der Waals surface area contributed by atoms with Crippen LogP contribution in [0.5, 0.6) is 5.75 Å². The second-order valence-electron chi connectivity index (χ2n) is 5.38. The summed E-state index contributed by atoms with van der Waals surface area (Å²) >= 11 is 0. The zero-order valence-corrected chi connectivity index (χ0v) is 13.0. The van der Waals surface area contributed by atoms with E-state index in [0.29, 0.717) is 0 Å². The summed E-state index contributed by atoms with van der Waals surface area (Å²) in [4.78, 5) is 0. The molecule has 0 spiro atoms. The van der Waals surface area contributed by atoms with Crippen molar-refractivity contribution in [1.29, 1.82) is 0 Å². The largest absolute Gasteiger partial charge is 0.494 e. The van der Waals surface area contributed by atoms with Crippen LogP contribution in [-0.4, -0.2) is 6.61 Å². The Kier molecular flexibility index (Phi) is 5.37. The first-order valence-electron chi connectivity index (χ1n) is 7.41. The minimum Gasteiger partial charge on any atom is -0.494 e. The monoisotopic (exact) mass is 284 g/mol. The van der Waals surface area contributed by atoms with Crippen LogP contribution in [0.4, 0.5) is 0 Å². The van der Waals surface area contributed by atoms with Crippen LogP contribution in [0.2, 0.25) is 0 Å². The van der Waals surface area contributed by atoms with Gasteiger partial charge in [-0.05, 0) is 49.1 Å². The SMILES string of the molecule is CCCOc1ccc(C(NN)c2cc(C)ccc2C)cc1. The Morgan fingerprint density at radius 2 is 1.81 bits per heavy atom. The molecule has 112 valence electrons. The minimum atomic E-state index is -0.00914. The van der Waals surface area contributed by atoms with Gasteiger partial charge in [-0.3, -0.25) is 5.84 Å². The lowest BCUT2D eigenvalue weighted by Crippen LogP contribution is -2.29. The van der Waals surface area contributed by atoms with Gasteiger partial charge in [-0.1, -0.05) is 42.8 Å². The van der Waals surface area contributed by atoms with Crippen molar-refractivity contribution in [1.82, 2.24) is 5.43 Å². The van der Waals surface area contributed by atoms with E-state index in [1.807, 2.05) is 12.1 Å². The average molecular weight is 284 g/mol. The van der Waals surface area contributed by atoms with Crippen molar-refractivity contribution in [3.05, 3.63) is 64.7 Å². The molecule has 0 radical (unpaired) electrons. The molecular weight excluding hydrogens is 260 g/mol. The fraction of sp³-hybridized carbons (Fsp3) is 0.333. The summed E-state index contributed by atoms with van der Waals surface area (Å²) in [5, 5.41) is 0. The molecule has 0 saturated carbocycles. The van der Waals surface area contributed by atoms with Crippen LogP contribution in [0.25, 0.3) is 0 Å². The fourth-order valence-electron chi connectivity index (χ4n) is 2.41. The number of nitrogens with one attached hydrogen (secondary N) is 1. The van der Waals surface area contributed by atoms with Gasteiger partial charge in [0.05, 0.1) is 12.6 Å². The van der Waals surface area contributed by atoms with Gasteiger partial charge in [0.2, 0.25) is 0 Å². The number of hydrogen-bond acceptors (Lipinski definition) is 3. The van der Waals surface area contributed by atoms with Crippen molar-refractivity contribution >= 4 is 0 Å². The molecule has 0 aliphatic rings. The summed E-state index contributed by atoms with van der Waals surface area (Å²) in [5.74, 6) is 6.69. The summed E-state index contributed by atoms with van der Waals surface area (Å²) in [5.41, 5.74) is 7.73. The zero-order valence-electron chi connectivity index (χ0n) is 13.0. The quantitative estimate of drug-likeness (QED) is 0.629. The van der Waals surface area contributed by atoms with Gasteiger partial charge in [0.15, 0.2) is 0 Å². The normalized spacial score (nSPS) is 12.2. The van der Waals surface area contributed by atoms with Gasteiger partial charge in [-0.2, -0.15) is 0 Å². The van der Waals surface area contributed by atoms with Crippen molar-refractivity contribution in [2.45, 2.75) is 33.2 Å². The molecular formula is C18H24N2O. The van der Waals surface area contributed by atoms with E-state index in [4.69, 9.17) is 10.6 Å². The van der Waals surface area contributed by atoms with Crippen molar-refractivity contribution < 1.29 is 4.74 Å². The highest BCUT2D eigenvalue weighted by molar-refractivity contribution is 5.40. The number of benzene rings is 2. The predicted octanol–water partition coefficient (Wildman–Crippen LogP) is 3.64. The molecule has 0 bridgehead atoms. The van der Waals surface area contributed by atoms with Crippen LogP contribution in [0.1, 0.15) is 41.6 Å². The highest BCUT2D eigenvalue weighted by Gasteiger charge is 2.14. The molecule has 21 heavy (non-hydrogen) atoms. The maximum atomic E-state index is 5.79. The highest BCUT2D eigenvalue weighted by Crippen LogP contribution is 2.26. The summed E-state index contributed by atoms with van der Waals surface area (Å²) in [6.07, 6.45) is 1.01. The molecule has 3 N–H and O–H groups in total. The first-order chi connectivity index (χ1) is 10.2. The lowest BCUT2D eigenvalue weighted by atomic mass is 9.94. The minimum absolute atomic E-state index is 0.00914. The third-order valence-corrected chi connectivity index (χ3v) is 3.60. The molecule has 3 nitrogen and oxygen atoms in total. The number of aryl methyl sites for hydroxylation is 2. The van der Waals surface area contributed by atoms with Crippen LogP contribution in [-0.2, 0) is 0 Å². The molecule has 2 aromatic rings. The first kappa shape index (κ1) is 15.5. The molecule has 1 unspecified atom stereocenters. The Morgan fingerprint density at radius 3 is 2.43 bits per heavy atom. The van der Waals surface area contributed by atoms with Gasteiger partial charge in [0.1, 0.15) is 5.75 Å². The number of hydrazine groups is 1. The maximum absolute atomic E-state index is 5.79. The smallest absolute Gasteiger partial charge is 0.119 e. The van der Waals surface area contributed by atoms with Crippen LogP contribution in [0.15, 0.2) is 42.5 Å². The second kappa shape index (κ2) is 7.25.